The van der Waals surface area contributed by atoms with Gasteiger partial charge in [-0.1, -0.05) is 18.2 Å². The molecule has 0 spiro atoms. The molecule has 1 aromatic heterocycles. The predicted octanol–water partition coefficient (Wildman–Crippen LogP) is 2.80. The Kier molecular flexibility index (Phi) is 5.74. The molecular weight excluding hydrogens is 338 g/mol. The van der Waals surface area contributed by atoms with Crippen LogP contribution < -0.4 is 4.74 Å². The SMILES string of the molecule is COc1ccccc1CN1CCC[C@@H](c2nnc(CN3CCCC3)n2C)C1. The largest absolute Gasteiger partial charge is 0.496 e. The molecule has 0 radical (unpaired) electrons. The van der Waals surface area contributed by atoms with E-state index in [2.05, 4.69) is 43.7 Å². The number of piperidine rings is 1. The molecule has 3 heterocycles. The molecule has 0 N–H and O–H groups in total. The maximum Gasteiger partial charge on any atom is 0.146 e. The summed E-state index contributed by atoms with van der Waals surface area (Å²) in [5.41, 5.74) is 1.26. The molecule has 0 unspecified atom stereocenters. The lowest BCUT2D eigenvalue weighted by atomic mass is 9.96. The molecule has 6 heteroatoms. The van der Waals surface area contributed by atoms with Gasteiger partial charge in [0.25, 0.3) is 0 Å². The standard InChI is InChI=1S/C21H31N5O/c1-24-20(16-25-11-5-6-12-25)22-23-21(24)18-9-7-13-26(15-18)14-17-8-3-4-10-19(17)27-2/h3-4,8,10,18H,5-7,9,11-16H2,1-2H3/t18-/m1/s1. The van der Waals surface area contributed by atoms with Gasteiger partial charge in [0.1, 0.15) is 17.4 Å². The van der Waals surface area contributed by atoms with Crippen LogP contribution in [0.3, 0.4) is 0 Å². The van der Waals surface area contributed by atoms with Gasteiger partial charge in [0.05, 0.1) is 13.7 Å². The van der Waals surface area contributed by atoms with Gasteiger partial charge in [-0.2, -0.15) is 0 Å². The Morgan fingerprint density at radius 1 is 1.00 bits per heavy atom. The van der Waals surface area contributed by atoms with Crippen LogP contribution in [0, 0.1) is 0 Å². The first-order valence-corrected chi connectivity index (χ1v) is 10.2. The number of para-hydroxylation sites is 1. The lowest BCUT2D eigenvalue weighted by Crippen LogP contribution is -2.35. The van der Waals surface area contributed by atoms with E-state index in [-0.39, 0.29) is 0 Å². The molecule has 2 aliphatic heterocycles. The molecular formula is C21H31N5O. The summed E-state index contributed by atoms with van der Waals surface area (Å²) in [6, 6.07) is 8.33. The Morgan fingerprint density at radius 2 is 1.78 bits per heavy atom. The zero-order chi connectivity index (χ0) is 18.6. The molecule has 1 aromatic carbocycles. The summed E-state index contributed by atoms with van der Waals surface area (Å²) in [5, 5.41) is 9.12. The summed E-state index contributed by atoms with van der Waals surface area (Å²) >= 11 is 0. The first-order chi connectivity index (χ1) is 13.2. The van der Waals surface area contributed by atoms with Crippen molar-refractivity contribution in [2.45, 2.75) is 44.7 Å². The van der Waals surface area contributed by atoms with E-state index >= 15 is 0 Å². The van der Waals surface area contributed by atoms with Crippen LogP contribution in [0.15, 0.2) is 24.3 Å². The van der Waals surface area contributed by atoms with Gasteiger partial charge in [-0.25, -0.2) is 0 Å². The van der Waals surface area contributed by atoms with Gasteiger partial charge in [0, 0.05) is 31.6 Å². The fourth-order valence-corrected chi connectivity index (χ4v) is 4.49. The third-order valence-corrected chi connectivity index (χ3v) is 6.02. The third kappa shape index (κ3) is 4.17. The van der Waals surface area contributed by atoms with Crippen LogP contribution in [-0.4, -0.2) is 57.9 Å². The van der Waals surface area contributed by atoms with Crippen molar-refractivity contribution in [3.05, 3.63) is 41.5 Å². The fourth-order valence-electron chi connectivity index (χ4n) is 4.49. The Balaban J connectivity index is 1.43. The van der Waals surface area contributed by atoms with Gasteiger partial charge < -0.3 is 9.30 Å². The Hall–Kier alpha value is -1.92. The maximum atomic E-state index is 5.53. The minimum Gasteiger partial charge on any atom is -0.496 e. The number of methoxy groups -OCH3 is 1. The van der Waals surface area contributed by atoms with Crippen LogP contribution in [0.4, 0.5) is 0 Å². The molecule has 2 aromatic rings. The average Bonchev–Trinajstić information content (AvgIpc) is 3.33. The van der Waals surface area contributed by atoms with Crippen LogP contribution in [-0.2, 0) is 20.1 Å². The zero-order valence-electron chi connectivity index (χ0n) is 16.6. The minimum absolute atomic E-state index is 0.457. The number of likely N-dealkylation sites (tertiary alicyclic amines) is 2. The summed E-state index contributed by atoms with van der Waals surface area (Å²) in [7, 11) is 3.89. The molecule has 0 saturated carbocycles. The molecule has 2 saturated heterocycles. The first-order valence-electron chi connectivity index (χ1n) is 10.2. The van der Waals surface area contributed by atoms with E-state index in [0.717, 1.165) is 43.6 Å². The van der Waals surface area contributed by atoms with Crippen LogP contribution in [0.2, 0.25) is 0 Å². The topological polar surface area (TPSA) is 46.4 Å². The van der Waals surface area contributed by atoms with Gasteiger partial charge in [0.2, 0.25) is 0 Å². The highest BCUT2D eigenvalue weighted by Crippen LogP contribution is 2.28. The maximum absolute atomic E-state index is 5.53. The van der Waals surface area contributed by atoms with Gasteiger partial charge in [-0.3, -0.25) is 9.80 Å². The highest BCUT2D eigenvalue weighted by molar-refractivity contribution is 5.33. The second kappa shape index (κ2) is 8.40. The van der Waals surface area contributed by atoms with Crippen LogP contribution in [0.1, 0.15) is 48.8 Å². The van der Waals surface area contributed by atoms with Crippen LogP contribution >= 0.6 is 0 Å². The number of nitrogens with zero attached hydrogens (tertiary/aromatic N) is 5. The second-order valence-corrected chi connectivity index (χ2v) is 7.90. The highest BCUT2D eigenvalue weighted by Gasteiger charge is 2.27. The van der Waals surface area contributed by atoms with E-state index in [1.54, 1.807) is 7.11 Å². The molecule has 27 heavy (non-hydrogen) atoms. The number of benzene rings is 1. The second-order valence-electron chi connectivity index (χ2n) is 7.90. The van der Waals surface area contributed by atoms with Gasteiger partial charge in [-0.15, -0.1) is 10.2 Å². The quantitative estimate of drug-likeness (QED) is 0.784. The lowest BCUT2D eigenvalue weighted by Gasteiger charge is -2.32. The summed E-state index contributed by atoms with van der Waals surface area (Å²) in [6.45, 7) is 6.41. The molecule has 1 atom stereocenters. The van der Waals surface area contributed by atoms with E-state index in [9.17, 15) is 0 Å². The van der Waals surface area contributed by atoms with Crippen molar-refractivity contribution in [2.24, 2.45) is 7.05 Å². The summed E-state index contributed by atoms with van der Waals surface area (Å²) < 4.78 is 7.77. The Bertz CT molecular complexity index is 753. The lowest BCUT2D eigenvalue weighted by molar-refractivity contribution is 0.193. The fraction of sp³-hybridized carbons (Fsp3) is 0.619. The van der Waals surface area contributed by atoms with Gasteiger partial charge in [0.15, 0.2) is 0 Å². The van der Waals surface area contributed by atoms with Crippen molar-refractivity contribution in [3.63, 3.8) is 0 Å². The Labute approximate surface area is 162 Å². The van der Waals surface area contributed by atoms with Crippen molar-refractivity contribution >= 4 is 0 Å². The van der Waals surface area contributed by atoms with E-state index in [1.807, 2.05) is 12.1 Å². The van der Waals surface area contributed by atoms with Crippen molar-refractivity contribution in [1.82, 2.24) is 24.6 Å². The smallest absolute Gasteiger partial charge is 0.146 e. The Morgan fingerprint density at radius 3 is 2.59 bits per heavy atom. The van der Waals surface area contributed by atoms with Gasteiger partial charge in [-0.05, 0) is 51.4 Å². The number of ether oxygens (including phenoxy) is 1. The van der Waals surface area contributed by atoms with Crippen molar-refractivity contribution < 1.29 is 4.74 Å². The average molecular weight is 370 g/mol. The van der Waals surface area contributed by atoms with Crippen molar-refractivity contribution in [3.8, 4) is 5.75 Å². The normalized spacial score (nSPS) is 21.6. The number of hydrogen-bond acceptors (Lipinski definition) is 5. The first kappa shape index (κ1) is 18.4. The molecule has 6 nitrogen and oxygen atoms in total. The van der Waals surface area contributed by atoms with E-state index in [1.165, 1.54) is 44.3 Å². The monoisotopic (exact) mass is 369 g/mol. The number of aromatic nitrogens is 3. The highest BCUT2D eigenvalue weighted by atomic mass is 16.5. The molecule has 2 aliphatic rings. The predicted molar refractivity (Wildman–Crippen MR) is 106 cm³/mol. The molecule has 2 fully saturated rings. The number of rotatable bonds is 6. The summed E-state index contributed by atoms with van der Waals surface area (Å²) in [4.78, 5) is 5.02. The van der Waals surface area contributed by atoms with Crippen LogP contribution in [0.25, 0.3) is 0 Å². The molecule has 4 rings (SSSR count). The minimum atomic E-state index is 0.457. The van der Waals surface area contributed by atoms with Crippen molar-refractivity contribution in [1.29, 1.82) is 0 Å². The van der Waals surface area contributed by atoms with Crippen LogP contribution in [0.5, 0.6) is 5.75 Å². The van der Waals surface area contributed by atoms with E-state index in [4.69, 9.17) is 4.74 Å². The van der Waals surface area contributed by atoms with Crippen molar-refractivity contribution in [2.75, 3.05) is 33.3 Å². The number of hydrogen-bond donors (Lipinski definition) is 0. The molecule has 0 amide bonds. The summed E-state index contributed by atoms with van der Waals surface area (Å²) in [5.74, 6) is 3.69. The molecule has 146 valence electrons. The zero-order valence-corrected chi connectivity index (χ0v) is 16.6. The third-order valence-electron chi connectivity index (χ3n) is 6.02. The molecule has 0 bridgehead atoms. The molecule has 0 aliphatic carbocycles. The summed E-state index contributed by atoms with van der Waals surface area (Å²) in [6.07, 6.45) is 5.02. The van der Waals surface area contributed by atoms with E-state index in [0.29, 0.717) is 5.92 Å². The van der Waals surface area contributed by atoms with Gasteiger partial charge >= 0.3 is 0 Å². The van der Waals surface area contributed by atoms with E-state index < -0.39 is 0 Å².